The molecule has 0 aromatic rings. The number of halogens is 1. The van der Waals surface area contributed by atoms with Crippen molar-refractivity contribution in [2.24, 2.45) is 0 Å². The van der Waals surface area contributed by atoms with Gasteiger partial charge in [0, 0.05) is 0 Å². The summed E-state index contributed by atoms with van der Waals surface area (Å²) in [5.74, 6) is 0. The van der Waals surface area contributed by atoms with Gasteiger partial charge in [0.2, 0.25) is 0 Å². The Bertz CT molecular complexity index is 74.0. The van der Waals surface area contributed by atoms with E-state index in [1.807, 2.05) is 0 Å². The SMILES string of the molecule is CCCCCCCC[CH](F)[Sb]. The van der Waals surface area contributed by atoms with Gasteiger partial charge in [0.25, 0.3) is 0 Å². The fourth-order valence-corrected chi connectivity index (χ4v) is 1.61. The predicted molar refractivity (Wildman–Crippen MR) is 48.6 cm³/mol. The Balaban J connectivity index is 2.80. The first-order valence-corrected chi connectivity index (χ1v) is 6.07. The summed E-state index contributed by atoms with van der Waals surface area (Å²) in [7, 11) is 0. The zero-order chi connectivity index (χ0) is 8.53. The van der Waals surface area contributed by atoms with Crippen LogP contribution in [0.1, 0.15) is 51.9 Å². The van der Waals surface area contributed by atoms with Crippen LogP contribution >= 0.6 is 0 Å². The molecule has 0 spiro atoms. The molecule has 0 heterocycles. The van der Waals surface area contributed by atoms with Gasteiger partial charge in [-0.2, -0.15) is 0 Å². The second-order valence-electron chi connectivity index (χ2n) is 2.99. The van der Waals surface area contributed by atoms with Crippen LogP contribution in [0.15, 0.2) is 0 Å². The molecule has 0 nitrogen and oxygen atoms in total. The molecule has 0 rings (SSSR count). The summed E-state index contributed by atoms with van der Waals surface area (Å²) in [6.45, 7) is 2.21. The van der Waals surface area contributed by atoms with E-state index in [4.69, 9.17) is 0 Å². The molecule has 0 aliphatic heterocycles. The number of unbranched alkanes of at least 4 members (excludes halogenated alkanes) is 5. The van der Waals surface area contributed by atoms with E-state index in [9.17, 15) is 4.39 Å². The van der Waals surface area contributed by atoms with Crippen LogP contribution in [-0.2, 0) is 0 Å². The molecule has 66 valence electrons. The second kappa shape index (κ2) is 8.84. The molecule has 0 aliphatic rings. The van der Waals surface area contributed by atoms with Gasteiger partial charge in [-0.1, -0.05) is 0 Å². The fourth-order valence-electron chi connectivity index (χ4n) is 1.09. The summed E-state index contributed by atoms with van der Waals surface area (Å²) >= 11 is 1.31. The summed E-state index contributed by atoms with van der Waals surface area (Å²) in [5.41, 5.74) is 0. The molecule has 2 heteroatoms. The molecule has 0 fully saturated rings. The van der Waals surface area contributed by atoms with Gasteiger partial charge in [-0.3, -0.25) is 0 Å². The van der Waals surface area contributed by atoms with Crippen molar-refractivity contribution < 1.29 is 4.39 Å². The van der Waals surface area contributed by atoms with Crippen molar-refractivity contribution in [1.82, 2.24) is 0 Å². The monoisotopic (exact) mass is 266 g/mol. The first kappa shape index (κ1) is 11.7. The molecule has 1 atom stereocenters. The molecule has 1 unspecified atom stereocenters. The van der Waals surface area contributed by atoms with Gasteiger partial charge < -0.3 is 0 Å². The van der Waals surface area contributed by atoms with Gasteiger partial charge in [0.1, 0.15) is 0 Å². The molecule has 0 saturated carbocycles. The normalized spacial score (nSPS) is 13.4. The number of alkyl halides is 1. The Morgan fingerprint density at radius 1 is 1.09 bits per heavy atom. The van der Waals surface area contributed by atoms with Crippen molar-refractivity contribution in [2.45, 2.75) is 56.0 Å². The molecule has 0 aromatic heterocycles. The van der Waals surface area contributed by atoms with Crippen LogP contribution in [0, 0.1) is 0 Å². The molecular formula is C9H18FSb. The molecule has 2 radical (unpaired) electrons. The molecule has 11 heavy (non-hydrogen) atoms. The molecule has 0 aromatic carbocycles. The summed E-state index contributed by atoms with van der Waals surface area (Å²) in [5, 5.41) is 0. The zero-order valence-corrected chi connectivity index (χ0v) is 9.91. The van der Waals surface area contributed by atoms with Crippen LogP contribution in [0.4, 0.5) is 4.39 Å². The van der Waals surface area contributed by atoms with Crippen molar-refractivity contribution in [3.8, 4) is 0 Å². The Morgan fingerprint density at radius 3 is 2.18 bits per heavy atom. The van der Waals surface area contributed by atoms with Gasteiger partial charge in [0.15, 0.2) is 0 Å². The van der Waals surface area contributed by atoms with Crippen LogP contribution in [0.5, 0.6) is 0 Å². The Labute approximate surface area is 83.4 Å². The van der Waals surface area contributed by atoms with Crippen molar-refractivity contribution in [3.05, 3.63) is 0 Å². The minimum atomic E-state index is -0.546. The topological polar surface area (TPSA) is 0 Å². The summed E-state index contributed by atoms with van der Waals surface area (Å²) in [4.78, 5) is 0. The molecule has 0 amide bonds. The predicted octanol–water partition coefficient (Wildman–Crippen LogP) is 3.20. The number of hydrogen-bond acceptors (Lipinski definition) is 0. The molecule has 0 bridgehead atoms. The van der Waals surface area contributed by atoms with Gasteiger partial charge in [-0.15, -0.1) is 0 Å². The Morgan fingerprint density at radius 2 is 1.64 bits per heavy atom. The van der Waals surface area contributed by atoms with Crippen LogP contribution in [-0.4, -0.2) is 27.1 Å². The summed E-state index contributed by atoms with van der Waals surface area (Å²) < 4.78 is 11.8. The fraction of sp³-hybridized carbons (Fsp3) is 1.00. The van der Waals surface area contributed by atoms with Crippen molar-refractivity contribution in [1.29, 1.82) is 0 Å². The van der Waals surface area contributed by atoms with Gasteiger partial charge >= 0.3 is 83.4 Å². The van der Waals surface area contributed by atoms with E-state index in [1.54, 1.807) is 0 Å². The van der Waals surface area contributed by atoms with Crippen molar-refractivity contribution in [3.63, 3.8) is 0 Å². The Kier molecular flexibility index (Phi) is 9.44. The Hall–Kier alpha value is 0.748. The van der Waals surface area contributed by atoms with E-state index in [1.165, 1.54) is 55.1 Å². The third-order valence-corrected chi connectivity index (χ3v) is 2.53. The van der Waals surface area contributed by atoms with E-state index < -0.39 is 4.12 Å². The minimum absolute atomic E-state index is 0.546. The first-order chi connectivity index (χ1) is 5.27. The molecule has 0 aliphatic carbocycles. The zero-order valence-electron chi connectivity index (χ0n) is 7.35. The van der Waals surface area contributed by atoms with E-state index in [-0.39, 0.29) is 0 Å². The first-order valence-electron chi connectivity index (χ1n) is 4.59. The quantitative estimate of drug-likeness (QED) is 0.491. The van der Waals surface area contributed by atoms with Crippen molar-refractivity contribution >= 4 is 23.0 Å². The number of rotatable bonds is 7. The van der Waals surface area contributed by atoms with Crippen LogP contribution < -0.4 is 0 Å². The average molecular weight is 267 g/mol. The van der Waals surface area contributed by atoms with Gasteiger partial charge in [-0.25, -0.2) is 0 Å². The summed E-state index contributed by atoms with van der Waals surface area (Å²) in [6, 6.07) is 0. The standard InChI is InChI=1S/C9H18F.Sb/c1-2-3-4-5-6-7-8-9-10;/h9H,2-8H2,1H3;. The van der Waals surface area contributed by atoms with Crippen LogP contribution in [0.3, 0.4) is 0 Å². The maximum absolute atomic E-state index is 12.3. The third-order valence-electron chi connectivity index (χ3n) is 1.80. The van der Waals surface area contributed by atoms with Crippen LogP contribution in [0.2, 0.25) is 0 Å². The van der Waals surface area contributed by atoms with Crippen LogP contribution in [0.25, 0.3) is 0 Å². The number of hydrogen-bond donors (Lipinski definition) is 0. The molecule has 0 N–H and O–H groups in total. The third kappa shape index (κ3) is 10.7. The van der Waals surface area contributed by atoms with Gasteiger partial charge in [0.05, 0.1) is 0 Å². The molecular weight excluding hydrogens is 249 g/mol. The van der Waals surface area contributed by atoms with E-state index in [0.717, 1.165) is 12.8 Å². The van der Waals surface area contributed by atoms with E-state index in [2.05, 4.69) is 6.92 Å². The van der Waals surface area contributed by atoms with Gasteiger partial charge in [-0.05, 0) is 0 Å². The summed E-state index contributed by atoms with van der Waals surface area (Å²) in [6.07, 6.45) is 8.35. The molecule has 0 saturated heterocycles. The second-order valence-corrected chi connectivity index (χ2v) is 4.59. The maximum atomic E-state index is 12.3. The van der Waals surface area contributed by atoms with E-state index >= 15 is 0 Å². The van der Waals surface area contributed by atoms with Crippen molar-refractivity contribution in [2.75, 3.05) is 0 Å². The average Bonchev–Trinajstić information content (AvgIpc) is 1.96. The van der Waals surface area contributed by atoms with E-state index in [0.29, 0.717) is 0 Å².